The molecule has 0 unspecified atom stereocenters. The zero-order chi connectivity index (χ0) is 18.8. The molecule has 4 rings (SSSR count). The summed E-state index contributed by atoms with van der Waals surface area (Å²) in [6.07, 6.45) is 1.70. The maximum absolute atomic E-state index is 12.5. The van der Waals surface area contributed by atoms with Gasteiger partial charge < -0.3 is 9.47 Å². The summed E-state index contributed by atoms with van der Waals surface area (Å²) in [6.45, 7) is 2.51. The summed E-state index contributed by atoms with van der Waals surface area (Å²) < 4.78 is 11.6. The Balaban J connectivity index is 1.51. The third-order valence-electron chi connectivity index (χ3n) is 4.31. The van der Waals surface area contributed by atoms with E-state index in [1.54, 1.807) is 36.4 Å². The first kappa shape index (κ1) is 17.4. The highest BCUT2D eigenvalue weighted by molar-refractivity contribution is 6.30. The van der Waals surface area contributed by atoms with E-state index in [0.717, 1.165) is 11.1 Å². The number of rotatable bonds is 4. The molecule has 1 heterocycles. The second kappa shape index (κ2) is 7.29. The van der Waals surface area contributed by atoms with Crippen molar-refractivity contribution in [1.29, 1.82) is 0 Å². The average molecular weight is 377 g/mol. The lowest BCUT2D eigenvalue weighted by molar-refractivity contribution is 0.101. The molecule has 0 saturated heterocycles. The molecule has 3 nitrogen and oxygen atoms in total. The van der Waals surface area contributed by atoms with Crippen LogP contribution in [0.3, 0.4) is 0 Å². The summed E-state index contributed by atoms with van der Waals surface area (Å²) in [5.74, 6) is 1.30. The predicted octanol–water partition coefficient (Wildman–Crippen LogP) is 5.84. The van der Waals surface area contributed by atoms with Crippen molar-refractivity contribution in [2.45, 2.75) is 13.5 Å². The topological polar surface area (TPSA) is 35.5 Å². The van der Waals surface area contributed by atoms with Crippen molar-refractivity contribution in [2.75, 3.05) is 0 Å². The highest BCUT2D eigenvalue weighted by atomic mass is 35.5. The fourth-order valence-corrected chi connectivity index (χ4v) is 3.05. The second-order valence-electron chi connectivity index (χ2n) is 6.43. The molecule has 0 spiro atoms. The Morgan fingerprint density at radius 3 is 2.63 bits per heavy atom. The van der Waals surface area contributed by atoms with Gasteiger partial charge in [0.15, 0.2) is 5.76 Å². The van der Waals surface area contributed by atoms with E-state index in [1.165, 1.54) is 5.56 Å². The molecule has 0 aliphatic carbocycles. The van der Waals surface area contributed by atoms with Crippen LogP contribution in [0.15, 0.2) is 72.5 Å². The summed E-state index contributed by atoms with van der Waals surface area (Å²) in [5, 5.41) is 0.610. The first-order valence-electron chi connectivity index (χ1n) is 8.61. The highest BCUT2D eigenvalue weighted by Crippen LogP contribution is 2.35. The van der Waals surface area contributed by atoms with Crippen molar-refractivity contribution in [2.24, 2.45) is 0 Å². The molecule has 0 aromatic heterocycles. The van der Waals surface area contributed by atoms with Crippen molar-refractivity contribution < 1.29 is 14.3 Å². The number of fused-ring (bicyclic) bond motifs is 1. The Morgan fingerprint density at radius 1 is 1.04 bits per heavy atom. The molecule has 0 N–H and O–H groups in total. The van der Waals surface area contributed by atoms with E-state index in [0.29, 0.717) is 28.7 Å². The maximum atomic E-state index is 12.5. The summed E-state index contributed by atoms with van der Waals surface area (Å²) in [4.78, 5) is 12.5. The number of aryl methyl sites for hydroxylation is 1. The van der Waals surface area contributed by atoms with E-state index in [1.807, 2.05) is 31.2 Å². The van der Waals surface area contributed by atoms with Gasteiger partial charge in [-0.25, -0.2) is 0 Å². The van der Waals surface area contributed by atoms with E-state index in [9.17, 15) is 4.79 Å². The first-order valence-corrected chi connectivity index (χ1v) is 8.98. The lowest BCUT2D eigenvalue weighted by Crippen LogP contribution is -1.98. The van der Waals surface area contributed by atoms with Crippen molar-refractivity contribution in [3.05, 3.63) is 99.8 Å². The molecule has 0 saturated carbocycles. The Kier molecular flexibility index (Phi) is 4.69. The molecule has 1 aliphatic rings. The van der Waals surface area contributed by atoms with Crippen LogP contribution in [0.5, 0.6) is 11.5 Å². The summed E-state index contributed by atoms with van der Waals surface area (Å²) >= 11 is 6.00. The third-order valence-corrected chi connectivity index (χ3v) is 4.55. The fraction of sp³-hybridized carbons (Fsp3) is 0.0870. The van der Waals surface area contributed by atoms with Gasteiger partial charge in [-0.15, -0.1) is 0 Å². The van der Waals surface area contributed by atoms with E-state index in [-0.39, 0.29) is 11.5 Å². The number of ketones is 1. The molecule has 0 amide bonds. The molecule has 0 atom stereocenters. The van der Waals surface area contributed by atoms with E-state index >= 15 is 0 Å². The summed E-state index contributed by atoms with van der Waals surface area (Å²) in [6, 6.07) is 20.7. The number of hydrogen-bond donors (Lipinski definition) is 0. The standard InChI is InChI=1S/C23H17ClO3/c1-15-5-7-16(8-6-15)14-26-19-9-10-20-21(13-19)27-22(23(20)25)12-17-3-2-4-18(24)11-17/h2-13H,14H2,1H3. The Morgan fingerprint density at radius 2 is 1.85 bits per heavy atom. The summed E-state index contributed by atoms with van der Waals surface area (Å²) in [7, 11) is 0. The lowest BCUT2D eigenvalue weighted by atomic mass is 10.1. The van der Waals surface area contributed by atoms with E-state index in [2.05, 4.69) is 12.1 Å². The number of benzene rings is 3. The predicted molar refractivity (Wildman–Crippen MR) is 106 cm³/mol. The maximum Gasteiger partial charge on any atom is 0.231 e. The van der Waals surface area contributed by atoms with E-state index in [4.69, 9.17) is 21.1 Å². The molecule has 3 aromatic carbocycles. The molecule has 0 fully saturated rings. The molecule has 134 valence electrons. The van der Waals surface area contributed by atoms with Crippen molar-refractivity contribution in [1.82, 2.24) is 0 Å². The van der Waals surface area contributed by atoms with Crippen LogP contribution in [0, 0.1) is 6.92 Å². The molecule has 1 aliphatic heterocycles. The molecular weight excluding hydrogens is 360 g/mol. The van der Waals surface area contributed by atoms with Gasteiger partial charge in [0.1, 0.15) is 18.1 Å². The zero-order valence-electron chi connectivity index (χ0n) is 14.7. The summed E-state index contributed by atoms with van der Waals surface area (Å²) in [5.41, 5.74) is 3.64. The molecule has 0 radical (unpaired) electrons. The SMILES string of the molecule is Cc1ccc(COc2ccc3c(c2)OC(=Cc2cccc(Cl)c2)C3=O)cc1. The number of ether oxygens (including phenoxy) is 2. The van der Waals surface area contributed by atoms with Crippen LogP contribution in [0.2, 0.25) is 5.02 Å². The molecule has 0 bridgehead atoms. The average Bonchev–Trinajstić information content (AvgIpc) is 2.96. The van der Waals surface area contributed by atoms with Crippen LogP contribution in [-0.2, 0) is 6.61 Å². The monoisotopic (exact) mass is 376 g/mol. The number of Topliss-reactive ketones (excluding diaryl/α,β-unsaturated/α-hetero) is 1. The van der Waals surface area contributed by atoms with Crippen LogP contribution in [-0.4, -0.2) is 5.78 Å². The van der Waals surface area contributed by atoms with Crippen LogP contribution in [0.25, 0.3) is 6.08 Å². The van der Waals surface area contributed by atoms with Crippen LogP contribution >= 0.6 is 11.6 Å². The minimum atomic E-state index is -0.143. The largest absolute Gasteiger partial charge is 0.489 e. The van der Waals surface area contributed by atoms with Crippen LogP contribution in [0.4, 0.5) is 0 Å². The van der Waals surface area contributed by atoms with Gasteiger partial charge in [-0.05, 0) is 48.4 Å². The number of allylic oxidation sites excluding steroid dienone is 1. The van der Waals surface area contributed by atoms with Gasteiger partial charge in [0.25, 0.3) is 0 Å². The lowest BCUT2D eigenvalue weighted by Gasteiger charge is -2.07. The minimum absolute atomic E-state index is 0.143. The van der Waals surface area contributed by atoms with Crippen molar-refractivity contribution in [3.8, 4) is 11.5 Å². The number of halogens is 1. The molecule has 3 aromatic rings. The number of carbonyl (C=O) groups excluding carboxylic acids is 1. The first-order chi connectivity index (χ1) is 13.1. The Labute approximate surface area is 162 Å². The second-order valence-corrected chi connectivity index (χ2v) is 6.86. The Hall–Kier alpha value is -3.04. The van der Waals surface area contributed by atoms with Gasteiger partial charge >= 0.3 is 0 Å². The molecule has 4 heteroatoms. The van der Waals surface area contributed by atoms with Gasteiger partial charge in [0, 0.05) is 11.1 Å². The fourth-order valence-electron chi connectivity index (χ4n) is 2.86. The van der Waals surface area contributed by atoms with Gasteiger partial charge in [-0.2, -0.15) is 0 Å². The number of carbonyl (C=O) groups is 1. The van der Waals surface area contributed by atoms with Gasteiger partial charge in [-0.3, -0.25) is 4.79 Å². The van der Waals surface area contributed by atoms with Crippen molar-refractivity contribution >= 4 is 23.5 Å². The van der Waals surface area contributed by atoms with Gasteiger partial charge in [0.05, 0.1) is 5.56 Å². The normalized spacial score (nSPS) is 14.1. The smallest absolute Gasteiger partial charge is 0.231 e. The highest BCUT2D eigenvalue weighted by Gasteiger charge is 2.27. The van der Waals surface area contributed by atoms with Crippen LogP contribution < -0.4 is 9.47 Å². The van der Waals surface area contributed by atoms with Crippen LogP contribution in [0.1, 0.15) is 27.0 Å². The van der Waals surface area contributed by atoms with Gasteiger partial charge in [-0.1, -0.05) is 53.6 Å². The third kappa shape index (κ3) is 3.88. The van der Waals surface area contributed by atoms with Crippen molar-refractivity contribution in [3.63, 3.8) is 0 Å². The molecular formula is C23H17ClO3. The quantitative estimate of drug-likeness (QED) is 0.536. The molecule has 27 heavy (non-hydrogen) atoms. The Bertz CT molecular complexity index is 1040. The minimum Gasteiger partial charge on any atom is -0.489 e. The zero-order valence-corrected chi connectivity index (χ0v) is 15.5. The number of hydrogen-bond acceptors (Lipinski definition) is 3. The van der Waals surface area contributed by atoms with E-state index < -0.39 is 0 Å². The van der Waals surface area contributed by atoms with Gasteiger partial charge in [0.2, 0.25) is 5.78 Å².